The molecule has 1 saturated heterocycles. The third-order valence-electron chi connectivity index (χ3n) is 4.89. The van der Waals surface area contributed by atoms with E-state index in [1.54, 1.807) is 22.2 Å². The quantitative estimate of drug-likeness (QED) is 0.681. The molecular formula is C19H26N6O2S. The molecule has 1 aliphatic heterocycles. The van der Waals surface area contributed by atoms with E-state index in [4.69, 9.17) is 4.74 Å². The maximum absolute atomic E-state index is 12.5. The molecule has 2 N–H and O–H groups in total. The number of nitrogens with zero attached hydrogens (tertiary/aromatic N) is 4. The molecule has 0 saturated carbocycles. The van der Waals surface area contributed by atoms with Crippen molar-refractivity contribution in [3.05, 3.63) is 38.9 Å². The van der Waals surface area contributed by atoms with Gasteiger partial charge in [0, 0.05) is 24.5 Å². The van der Waals surface area contributed by atoms with Gasteiger partial charge in [0.2, 0.25) is 5.95 Å². The summed E-state index contributed by atoms with van der Waals surface area (Å²) in [4.78, 5) is 23.7. The molecule has 0 aromatic carbocycles. The predicted molar refractivity (Wildman–Crippen MR) is 111 cm³/mol. The molecule has 150 valence electrons. The highest BCUT2D eigenvalue weighted by Crippen LogP contribution is 2.26. The highest BCUT2D eigenvalue weighted by Gasteiger charge is 2.24. The van der Waals surface area contributed by atoms with Gasteiger partial charge >= 0.3 is 0 Å². The van der Waals surface area contributed by atoms with Crippen molar-refractivity contribution >= 4 is 28.3 Å². The van der Waals surface area contributed by atoms with Crippen molar-refractivity contribution in [2.75, 3.05) is 38.2 Å². The molecule has 4 heterocycles. The van der Waals surface area contributed by atoms with Gasteiger partial charge in [-0.05, 0) is 32.2 Å². The Morgan fingerprint density at radius 3 is 2.82 bits per heavy atom. The monoisotopic (exact) mass is 402 g/mol. The molecule has 28 heavy (non-hydrogen) atoms. The highest BCUT2D eigenvalue weighted by atomic mass is 32.1. The summed E-state index contributed by atoms with van der Waals surface area (Å²) in [5.41, 5.74) is 0.160. The molecule has 8 nitrogen and oxygen atoms in total. The summed E-state index contributed by atoms with van der Waals surface area (Å²) in [5.74, 6) is 0.471. The Kier molecular flexibility index (Phi) is 5.22. The van der Waals surface area contributed by atoms with Crippen molar-refractivity contribution < 1.29 is 4.74 Å². The maximum atomic E-state index is 12.5. The van der Waals surface area contributed by atoms with Crippen molar-refractivity contribution in [1.29, 1.82) is 0 Å². The number of aromatic nitrogens is 4. The second-order valence-electron chi connectivity index (χ2n) is 7.94. The lowest BCUT2D eigenvalue weighted by molar-refractivity contribution is 0.0193. The molecule has 1 unspecified atom stereocenters. The standard InChI is InChI=1S/C19H26N6O2S/c1-19(2,3)25-16-13(11-21-25)17(26)23-18(22-16)20-12-14(15-5-4-10-28-15)24-6-8-27-9-7-24/h4-5,10-11,14H,6-9,12H2,1-3H3,(H2,20,22,23,26). The molecule has 4 rings (SSSR count). The molecular weight excluding hydrogens is 376 g/mol. The van der Waals surface area contributed by atoms with Gasteiger partial charge in [-0.2, -0.15) is 10.1 Å². The van der Waals surface area contributed by atoms with Gasteiger partial charge in [-0.1, -0.05) is 6.07 Å². The molecule has 0 bridgehead atoms. The van der Waals surface area contributed by atoms with Gasteiger partial charge in [0.25, 0.3) is 5.56 Å². The molecule has 3 aromatic rings. The van der Waals surface area contributed by atoms with Gasteiger partial charge in [-0.3, -0.25) is 14.7 Å². The zero-order chi connectivity index (χ0) is 19.7. The summed E-state index contributed by atoms with van der Waals surface area (Å²) in [6, 6.07) is 4.43. The Balaban J connectivity index is 1.60. The fourth-order valence-corrected chi connectivity index (χ4v) is 4.33. The van der Waals surface area contributed by atoms with Crippen LogP contribution in [0.1, 0.15) is 31.7 Å². The first-order valence-corrected chi connectivity index (χ1v) is 10.4. The van der Waals surface area contributed by atoms with Gasteiger partial charge in [-0.15, -0.1) is 11.3 Å². The molecule has 1 atom stereocenters. The average molecular weight is 403 g/mol. The van der Waals surface area contributed by atoms with Crippen LogP contribution in [0.3, 0.4) is 0 Å². The minimum Gasteiger partial charge on any atom is -0.379 e. The first kappa shape index (κ1) is 19.1. The molecule has 1 fully saturated rings. The van der Waals surface area contributed by atoms with Crippen LogP contribution in [0.2, 0.25) is 0 Å². The fraction of sp³-hybridized carbons (Fsp3) is 0.526. The molecule has 0 radical (unpaired) electrons. The van der Waals surface area contributed by atoms with Gasteiger partial charge < -0.3 is 10.1 Å². The summed E-state index contributed by atoms with van der Waals surface area (Å²) >= 11 is 1.74. The van der Waals surface area contributed by atoms with Crippen LogP contribution < -0.4 is 10.9 Å². The molecule has 0 amide bonds. The lowest BCUT2D eigenvalue weighted by atomic mass is 10.1. The molecule has 3 aromatic heterocycles. The Labute approximate surface area is 167 Å². The van der Waals surface area contributed by atoms with E-state index in [0.717, 1.165) is 26.3 Å². The normalized spacial score (nSPS) is 17.1. The van der Waals surface area contributed by atoms with Crippen LogP contribution in [-0.4, -0.2) is 57.5 Å². The summed E-state index contributed by atoms with van der Waals surface area (Å²) < 4.78 is 7.29. The number of hydrogen-bond acceptors (Lipinski definition) is 7. The van der Waals surface area contributed by atoms with E-state index in [1.165, 1.54) is 4.88 Å². The minimum absolute atomic E-state index is 0.179. The number of nitrogens with one attached hydrogen (secondary N) is 2. The summed E-state index contributed by atoms with van der Waals surface area (Å²) in [6.45, 7) is 10.1. The smallest absolute Gasteiger partial charge is 0.263 e. The number of rotatable bonds is 5. The Hall–Kier alpha value is -2.23. The van der Waals surface area contributed by atoms with Crippen LogP contribution in [0.15, 0.2) is 28.5 Å². The van der Waals surface area contributed by atoms with Gasteiger partial charge in [0.1, 0.15) is 5.39 Å². The van der Waals surface area contributed by atoms with E-state index in [2.05, 4.69) is 42.8 Å². The van der Waals surface area contributed by atoms with Crippen LogP contribution in [0.5, 0.6) is 0 Å². The Morgan fingerprint density at radius 1 is 1.36 bits per heavy atom. The number of H-pyrrole nitrogens is 1. The zero-order valence-corrected chi connectivity index (χ0v) is 17.3. The number of hydrogen-bond donors (Lipinski definition) is 2. The Morgan fingerprint density at radius 2 is 2.14 bits per heavy atom. The molecule has 0 spiro atoms. The number of aromatic amines is 1. The van der Waals surface area contributed by atoms with E-state index >= 15 is 0 Å². The van der Waals surface area contributed by atoms with Crippen molar-refractivity contribution in [2.45, 2.75) is 32.4 Å². The number of morpholine rings is 1. The van der Waals surface area contributed by atoms with Crippen LogP contribution in [0.25, 0.3) is 11.0 Å². The van der Waals surface area contributed by atoms with Crippen LogP contribution >= 0.6 is 11.3 Å². The first-order valence-electron chi connectivity index (χ1n) is 9.51. The van der Waals surface area contributed by atoms with Crippen LogP contribution in [0, 0.1) is 0 Å². The minimum atomic E-state index is -0.257. The summed E-state index contributed by atoms with van der Waals surface area (Å²) in [7, 11) is 0. The second-order valence-corrected chi connectivity index (χ2v) is 8.92. The van der Waals surface area contributed by atoms with Crippen molar-refractivity contribution in [1.82, 2.24) is 24.6 Å². The highest BCUT2D eigenvalue weighted by molar-refractivity contribution is 7.10. The van der Waals surface area contributed by atoms with Gasteiger partial charge in [0.05, 0.1) is 31.0 Å². The van der Waals surface area contributed by atoms with Crippen molar-refractivity contribution in [3.8, 4) is 0 Å². The summed E-state index contributed by atoms with van der Waals surface area (Å²) in [6.07, 6.45) is 1.58. The average Bonchev–Trinajstić information content (AvgIpc) is 3.32. The SMILES string of the molecule is CC(C)(C)n1ncc2c(=O)[nH]c(NCC(c3cccs3)N3CCOCC3)nc21. The zero-order valence-electron chi connectivity index (χ0n) is 16.4. The number of thiophene rings is 1. The fourth-order valence-electron chi connectivity index (χ4n) is 3.47. The summed E-state index contributed by atoms with van der Waals surface area (Å²) in [5, 5.41) is 10.3. The van der Waals surface area contributed by atoms with E-state index in [9.17, 15) is 4.79 Å². The number of fused-ring (bicyclic) bond motifs is 1. The van der Waals surface area contributed by atoms with Gasteiger partial charge in [-0.25, -0.2) is 4.68 Å². The van der Waals surface area contributed by atoms with E-state index in [1.807, 2.05) is 20.8 Å². The van der Waals surface area contributed by atoms with Crippen molar-refractivity contribution in [2.24, 2.45) is 0 Å². The lowest BCUT2D eigenvalue weighted by Crippen LogP contribution is -2.41. The topological polar surface area (TPSA) is 88.1 Å². The second kappa shape index (κ2) is 7.65. The van der Waals surface area contributed by atoms with E-state index in [0.29, 0.717) is 23.5 Å². The molecule has 9 heteroatoms. The predicted octanol–water partition coefficient (Wildman–Crippen LogP) is 2.42. The van der Waals surface area contributed by atoms with E-state index < -0.39 is 0 Å². The lowest BCUT2D eigenvalue weighted by Gasteiger charge is -2.34. The Bertz CT molecular complexity index is 982. The third kappa shape index (κ3) is 3.82. The first-order chi connectivity index (χ1) is 13.4. The maximum Gasteiger partial charge on any atom is 0.263 e. The van der Waals surface area contributed by atoms with Crippen LogP contribution in [0.4, 0.5) is 5.95 Å². The van der Waals surface area contributed by atoms with Crippen molar-refractivity contribution in [3.63, 3.8) is 0 Å². The molecule has 1 aliphatic rings. The number of ether oxygens (including phenoxy) is 1. The number of anilines is 1. The largest absolute Gasteiger partial charge is 0.379 e. The molecule has 0 aliphatic carbocycles. The van der Waals surface area contributed by atoms with Gasteiger partial charge in [0.15, 0.2) is 5.65 Å². The van der Waals surface area contributed by atoms with E-state index in [-0.39, 0.29) is 17.1 Å². The third-order valence-corrected chi connectivity index (χ3v) is 5.87. The van der Waals surface area contributed by atoms with Crippen LogP contribution in [-0.2, 0) is 10.3 Å².